The molecule has 0 atom stereocenters. The summed E-state index contributed by atoms with van der Waals surface area (Å²) in [5, 5.41) is 0. The second-order valence-electron chi connectivity index (χ2n) is 3.84. The van der Waals surface area contributed by atoms with Gasteiger partial charge in [0.05, 0.1) is 0 Å². The van der Waals surface area contributed by atoms with Gasteiger partial charge in [-0.2, -0.15) is 72.8 Å². The van der Waals surface area contributed by atoms with Crippen LogP contribution in [-0.2, 0) is 16.8 Å². The normalized spacial score (nSPS) is 7.68. The van der Waals surface area contributed by atoms with E-state index in [0.717, 1.165) is 0 Å². The Bertz CT molecular complexity index is 436. The van der Waals surface area contributed by atoms with Crippen molar-refractivity contribution in [2.75, 3.05) is 0 Å². The summed E-state index contributed by atoms with van der Waals surface area (Å²) < 4.78 is 0. The Morgan fingerprint density at radius 1 is 0.360 bits per heavy atom. The topological polar surface area (TPSA) is 51.6 Å². The molecule has 0 N–H and O–H groups in total. The van der Waals surface area contributed by atoms with Gasteiger partial charge in [-0.3, -0.25) is 0 Å². The summed E-state index contributed by atoms with van der Waals surface area (Å²) >= 11 is 0. The molecule has 4 aromatic heterocycles. The van der Waals surface area contributed by atoms with Crippen LogP contribution in [0.4, 0.5) is 0 Å². The monoisotopic (exact) mass is 371 g/mol. The summed E-state index contributed by atoms with van der Waals surface area (Å²) in [5.74, 6) is 0. The third kappa shape index (κ3) is 17.3. The van der Waals surface area contributed by atoms with Crippen LogP contribution in [0.5, 0.6) is 0 Å². The largest absolute Gasteiger partial charge is 0.394 e. The van der Waals surface area contributed by atoms with Crippen molar-refractivity contribution in [1.29, 1.82) is 0 Å². The van der Waals surface area contributed by atoms with Crippen molar-refractivity contribution in [3.8, 4) is 0 Å². The first-order valence-electron chi connectivity index (χ1n) is 7.08. The van der Waals surface area contributed by atoms with Crippen LogP contribution in [-0.4, -0.2) is 19.9 Å². The predicted octanol–water partition coefficient (Wildman–Crippen LogP) is 3.52. The maximum atomic E-state index is 3.66. The fraction of sp³-hybridized carbons (Fsp3) is 0. The summed E-state index contributed by atoms with van der Waals surface area (Å²) in [6.07, 6.45) is 17.3. The minimum atomic E-state index is 0. The molecule has 0 aromatic carbocycles. The van der Waals surface area contributed by atoms with E-state index in [0.29, 0.717) is 0 Å². The average Bonchev–Trinajstić information content (AvgIpc) is 2.75. The molecule has 129 valence electrons. The predicted molar refractivity (Wildman–Crippen MR) is 92.3 cm³/mol. The van der Waals surface area contributed by atoms with Gasteiger partial charge in [-0.05, 0) is 0 Å². The Morgan fingerprint density at radius 2 is 0.600 bits per heavy atom. The second kappa shape index (κ2) is 19.2. The molecular weight excluding hydrogens is 355 g/mol. The SMILES string of the molecule is [Co].[c-]1ccccn1.[c-]1ccccn1.[c-]1ccccn1.[c-]1ccccn1. The van der Waals surface area contributed by atoms with E-state index in [9.17, 15) is 0 Å². The Kier molecular flexibility index (Phi) is 16.9. The summed E-state index contributed by atoms with van der Waals surface area (Å²) in [6.45, 7) is 0. The first kappa shape index (κ1) is 22.1. The minimum Gasteiger partial charge on any atom is -0.394 e. The zero-order valence-corrected chi connectivity index (χ0v) is 14.4. The average molecular weight is 371 g/mol. The van der Waals surface area contributed by atoms with Gasteiger partial charge in [0.1, 0.15) is 0 Å². The molecule has 0 unspecified atom stereocenters. The van der Waals surface area contributed by atoms with Gasteiger partial charge < -0.3 is 19.9 Å². The molecule has 5 heteroatoms. The molecule has 25 heavy (non-hydrogen) atoms. The van der Waals surface area contributed by atoms with Gasteiger partial charge in [0, 0.05) is 16.8 Å². The Morgan fingerprint density at radius 3 is 0.640 bits per heavy atom. The second-order valence-corrected chi connectivity index (χ2v) is 3.84. The zero-order chi connectivity index (χ0) is 17.0. The molecule has 0 spiro atoms. The fourth-order valence-electron chi connectivity index (χ4n) is 1.11. The van der Waals surface area contributed by atoms with Gasteiger partial charge in [-0.1, -0.05) is 49.6 Å². The van der Waals surface area contributed by atoms with Crippen molar-refractivity contribution in [3.05, 3.63) is 122 Å². The van der Waals surface area contributed by atoms with Crippen molar-refractivity contribution >= 4 is 0 Å². The molecule has 4 rings (SSSR count). The molecular formula is C20H16CoN4-4. The Balaban J connectivity index is 0.000000303. The van der Waals surface area contributed by atoms with E-state index in [1.165, 1.54) is 0 Å². The van der Waals surface area contributed by atoms with Crippen LogP contribution in [0.1, 0.15) is 0 Å². The van der Waals surface area contributed by atoms with Gasteiger partial charge >= 0.3 is 0 Å². The number of nitrogens with zero attached hydrogens (tertiary/aromatic N) is 4. The maximum absolute atomic E-state index is 3.66. The summed E-state index contributed by atoms with van der Waals surface area (Å²) in [6, 6.07) is 22.0. The summed E-state index contributed by atoms with van der Waals surface area (Å²) in [4.78, 5) is 14.6. The van der Waals surface area contributed by atoms with Gasteiger partial charge in [0.2, 0.25) is 0 Å². The fourth-order valence-corrected chi connectivity index (χ4v) is 1.11. The van der Waals surface area contributed by atoms with Gasteiger partial charge in [-0.15, -0.1) is 0 Å². The Labute approximate surface area is 159 Å². The van der Waals surface area contributed by atoms with Crippen LogP contribution in [0.15, 0.2) is 97.6 Å². The van der Waals surface area contributed by atoms with Crippen LogP contribution in [0, 0.1) is 24.8 Å². The van der Waals surface area contributed by atoms with Crippen LogP contribution in [0.25, 0.3) is 0 Å². The van der Waals surface area contributed by atoms with Gasteiger partial charge in [0.25, 0.3) is 0 Å². The molecule has 4 nitrogen and oxygen atoms in total. The summed E-state index contributed by atoms with van der Waals surface area (Å²) in [7, 11) is 0. The Hall–Kier alpha value is -2.89. The van der Waals surface area contributed by atoms with Crippen molar-refractivity contribution in [3.63, 3.8) is 0 Å². The third-order valence-corrected chi connectivity index (χ3v) is 2.07. The van der Waals surface area contributed by atoms with Crippen LogP contribution >= 0.6 is 0 Å². The van der Waals surface area contributed by atoms with Crippen molar-refractivity contribution in [2.45, 2.75) is 0 Å². The molecule has 0 saturated heterocycles. The van der Waals surface area contributed by atoms with Crippen LogP contribution in [0.3, 0.4) is 0 Å². The molecule has 0 aliphatic heterocycles. The van der Waals surface area contributed by atoms with Crippen LogP contribution in [0.2, 0.25) is 0 Å². The van der Waals surface area contributed by atoms with Crippen molar-refractivity contribution in [2.24, 2.45) is 0 Å². The summed E-state index contributed by atoms with van der Waals surface area (Å²) in [5.41, 5.74) is 0. The number of hydrogen-bond donors (Lipinski definition) is 0. The van der Waals surface area contributed by atoms with Crippen LogP contribution < -0.4 is 0 Å². The first-order valence-corrected chi connectivity index (χ1v) is 7.08. The zero-order valence-electron chi connectivity index (χ0n) is 13.4. The van der Waals surface area contributed by atoms with E-state index in [4.69, 9.17) is 0 Å². The quantitative estimate of drug-likeness (QED) is 0.444. The van der Waals surface area contributed by atoms with E-state index >= 15 is 0 Å². The molecule has 0 aliphatic rings. The number of hydrogen-bond acceptors (Lipinski definition) is 4. The molecule has 4 heterocycles. The van der Waals surface area contributed by atoms with Gasteiger partial charge in [-0.25, -0.2) is 0 Å². The smallest absolute Gasteiger partial charge is 0 e. The standard InChI is InChI=1S/4C5H4N.Co/c4*1-2-4-6-5-3-1;/h4*1-4H;/q4*-1;. The van der Waals surface area contributed by atoms with E-state index in [2.05, 4.69) is 44.7 Å². The van der Waals surface area contributed by atoms with E-state index in [1.807, 2.05) is 48.5 Å². The van der Waals surface area contributed by atoms with E-state index in [1.54, 1.807) is 49.1 Å². The number of rotatable bonds is 0. The molecule has 0 aliphatic carbocycles. The molecule has 1 radical (unpaired) electrons. The van der Waals surface area contributed by atoms with E-state index < -0.39 is 0 Å². The number of aromatic nitrogens is 4. The minimum absolute atomic E-state index is 0. The molecule has 0 amide bonds. The molecule has 0 fully saturated rings. The molecule has 0 saturated carbocycles. The first-order chi connectivity index (χ1) is 12.0. The van der Waals surface area contributed by atoms with Gasteiger partial charge in [0.15, 0.2) is 0 Å². The van der Waals surface area contributed by atoms with Crippen molar-refractivity contribution < 1.29 is 16.8 Å². The maximum Gasteiger partial charge on any atom is 0 e. The number of pyridine rings is 4. The third-order valence-electron chi connectivity index (χ3n) is 2.07. The van der Waals surface area contributed by atoms with Crippen molar-refractivity contribution in [1.82, 2.24) is 19.9 Å². The molecule has 4 aromatic rings. The molecule has 0 bridgehead atoms. The van der Waals surface area contributed by atoms with E-state index in [-0.39, 0.29) is 16.8 Å².